The summed E-state index contributed by atoms with van der Waals surface area (Å²) in [5.41, 5.74) is 0. The lowest BCUT2D eigenvalue weighted by Crippen LogP contribution is -2.36. The summed E-state index contributed by atoms with van der Waals surface area (Å²) in [5, 5.41) is 3.55. The van der Waals surface area contributed by atoms with Crippen LogP contribution in [-0.2, 0) is 0 Å². The maximum atomic E-state index is 3.55. The highest BCUT2D eigenvalue weighted by atomic mass is 15.1. The van der Waals surface area contributed by atoms with E-state index in [-0.39, 0.29) is 0 Å². The molecule has 2 nitrogen and oxygen atoms in total. The van der Waals surface area contributed by atoms with Gasteiger partial charge in [-0.15, -0.1) is 0 Å². The molecule has 0 aromatic carbocycles. The smallest absolute Gasteiger partial charge is 0.00194 e. The lowest BCUT2D eigenvalue weighted by Gasteiger charge is -2.26. The predicted octanol–water partition coefficient (Wildman–Crippen LogP) is 2.74. The summed E-state index contributed by atoms with van der Waals surface area (Å²) in [4.78, 5) is 2.76. The first-order valence-corrected chi connectivity index (χ1v) is 7.71. The molecule has 2 aliphatic carbocycles. The Hall–Kier alpha value is -0.0800. The second-order valence-corrected chi connectivity index (χ2v) is 6.41. The van der Waals surface area contributed by atoms with Crippen molar-refractivity contribution in [1.29, 1.82) is 0 Å². The molecule has 0 aliphatic heterocycles. The van der Waals surface area contributed by atoms with Crippen molar-refractivity contribution in [2.24, 2.45) is 17.8 Å². The molecule has 1 unspecified atom stereocenters. The van der Waals surface area contributed by atoms with Crippen molar-refractivity contribution in [3.63, 3.8) is 0 Å². The van der Waals surface area contributed by atoms with Crippen LogP contribution in [0.2, 0.25) is 0 Å². The molecule has 0 bridgehead atoms. The highest BCUT2D eigenvalue weighted by Gasteiger charge is 2.29. The van der Waals surface area contributed by atoms with Crippen LogP contribution in [0.3, 0.4) is 0 Å². The zero-order valence-corrected chi connectivity index (χ0v) is 11.8. The van der Waals surface area contributed by atoms with Gasteiger partial charge in [0.1, 0.15) is 0 Å². The SMILES string of the molecule is CCCNCC(C)CN(CC1CC1)CC1CC1. The molecule has 0 radical (unpaired) electrons. The second kappa shape index (κ2) is 6.75. The average molecular weight is 238 g/mol. The molecular weight excluding hydrogens is 208 g/mol. The van der Waals surface area contributed by atoms with Gasteiger partial charge in [0.05, 0.1) is 0 Å². The molecule has 0 amide bonds. The molecule has 1 N–H and O–H groups in total. The largest absolute Gasteiger partial charge is 0.316 e. The van der Waals surface area contributed by atoms with E-state index in [1.807, 2.05) is 0 Å². The van der Waals surface area contributed by atoms with Crippen LogP contribution in [0.4, 0.5) is 0 Å². The van der Waals surface area contributed by atoms with Gasteiger partial charge in [-0.05, 0) is 62.9 Å². The quantitative estimate of drug-likeness (QED) is 0.589. The van der Waals surface area contributed by atoms with Crippen LogP contribution in [-0.4, -0.2) is 37.6 Å². The Morgan fingerprint density at radius 1 is 1.12 bits per heavy atom. The Labute approximate surface area is 107 Å². The fourth-order valence-corrected chi connectivity index (χ4v) is 2.59. The van der Waals surface area contributed by atoms with E-state index in [0.717, 1.165) is 17.8 Å². The van der Waals surface area contributed by atoms with E-state index in [9.17, 15) is 0 Å². The molecule has 2 aliphatic rings. The topological polar surface area (TPSA) is 15.3 Å². The summed E-state index contributed by atoms with van der Waals surface area (Å²) < 4.78 is 0. The van der Waals surface area contributed by atoms with Gasteiger partial charge in [-0.25, -0.2) is 0 Å². The van der Waals surface area contributed by atoms with E-state index in [4.69, 9.17) is 0 Å². The molecule has 2 rings (SSSR count). The number of hydrogen-bond acceptors (Lipinski definition) is 2. The Kier molecular flexibility index (Phi) is 5.30. The molecular formula is C15H30N2. The van der Waals surface area contributed by atoms with Crippen LogP contribution in [0.25, 0.3) is 0 Å². The van der Waals surface area contributed by atoms with Crippen molar-refractivity contribution in [1.82, 2.24) is 10.2 Å². The molecule has 1 atom stereocenters. The predicted molar refractivity (Wildman–Crippen MR) is 74.2 cm³/mol. The van der Waals surface area contributed by atoms with Crippen LogP contribution in [0.15, 0.2) is 0 Å². The Morgan fingerprint density at radius 2 is 1.71 bits per heavy atom. The monoisotopic (exact) mass is 238 g/mol. The van der Waals surface area contributed by atoms with Crippen LogP contribution < -0.4 is 5.32 Å². The van der Waals surface area contributed by atoms with Crippen molar-refractivity contribution in [2.75, 3.05) is 32.7 Å². The minimum Gasteiger partial charge on any atom is -0.316 e. The zero-order chi connectivity index (χ0) is 12.1. The summed E-state index contributed by atoms with van der Waals surface area (Å²) in [5.74, 6) is 2.90. The molecule has 17 heavy (non-hydrogen) atoms. The third-order valence-electron chi connectivity index (χ3n) is 3.92. The Balaban J connectivity index is 1.62. The fraction of sp³-hybridized carbons (Fsp3) is 1.00. The van der Waals surface area contributed by atoms with Crippen LogP contribution in [0.1, 0.15) is 46.0 Å². The van der Waals surface area contributed by atoms with E-state index in [0.29, 0.717) is 0 Å². The van der Waals surface area contributed by atoms with E-state index in [2.05, 4.69) is 24.1 Å². The van der Waals surface area contributed by atoms with Gasteiger partial charge in [-0.1, -0.05) is 13.8 Å². The first-order chi connectivity index (χ1) is 8.28. The standard InChI is InChI=1S/C15H30N2/c1-3-8-16-9-13(2)10-17(11-14-4-5-14)12-15-6-7-15/h13-16H,3-12H2,1-2H3. The van der Waals surface area contributed by atoms with Gasteiger partial charge in [0.15, 0.2) is 0 Å². The third kappa shape index (κ3) is 5.87. The van der Waals surface area contributed by atoms with Crippen molar-refractivity contribution < 1.29 is 0 Å². The fourth-order valence-electron chi connectivity index (χ4n) is 2.59. The lowest BCUT2D eigenvalue weighted by atomic mass is 10.1. The van der Waals surface area contributed by atoms with Crippen molar-refractivity contribution in [3.8, 4) is 0 Å². The summed E-state index contributed by atoms with van der Waals surface area (Å²) in [6.07, 6.45) is 7.21. The van der Waals surface area contributed by atoms with Crippen molar-refractivity contribution in [3.05, 3.63) is 0 Å². The van der Waals surface area contributed by atoms with E-state index in [1.54, 1.807) is 0 Å². The zero-order valence-electron chi connectivity index (χ0n) is 11.8. The molecule has 2 heteroatoms. The minimum absolute atomic E-state index is 0.805. The van der Waals surface area contributed by atoms with Gasteiger partial charge in [-0.3, -0.25) is 0 Å². The molecule has 0 heterocycles. The van der Waals surface area contributed by atoms with Crippen LogP contribution in [0, 0.1) is 17.8 Å². The van der Waals surface area contributed by atoms with Gasteiger partial charge in [0.2, 0.25) is 0 Å². The molecule has 100 valence electrons. The Bertz CT molecular complexity index is 195. The number of nitrogens with zero attached hydrogens (tertiary/aromatic N) is 1. The van der Waals surface area contributed by atoms with E-state index in [1.165, 1.54) is 64.8 Å². The third-order valence-corrected chi connectivity index (χ3v) is 3.92. The van der Waals surface area contributed by atoms with Gasteiger partial charge >= 0.3 is 0 Å². The van der Waals surface area contributed by atoms with Crippen LogP contribution >= 0.6 is 0 Å². The van der Waals surface area contributed by atoms with E-state index >= 15 is 0 Å². The number of hydrogen-bond donors (Lipinski definition) is 1. The first kappa shape index (κ1) is 13.4. The summed E-state index contributed by atoms with van der Waals surface area (Å²) in [6, 6.07) is 0. The summed E-state index contributed by atoms with van der Waals surface area (Å²) in [7, 11) is 0. The summed E-state index contributed by atoms with van der Waals surface area (Å²) in [6.45, 7) is 11.1. The number of rotatable bonds is 10. The van der Waals surface area contributed by atoms with Crippen molar-refractivity contribution in [2.45, 2.75) is 46.0 Å². The normalized spacial score (nSPS) is 22.1. The lowest BCUT2D eigenvalue weighted by molar-refractivity contribution is 0.217. The highest BCUT2D eigenvalue weighted by Crippen LogP contribution is 2.33. The maximum absolute atomic E-state index is 3.55. The van der Waals surface area contributed by atoms with Gasteiger partial charge in [-0.2, -0.15) is 0 Å². The maximum Gasteiger partial charge on any atom is 0.00194 e. The minimum atomic E-state index is 0.805. The molecule has 2 fully saturated rings. The molecule has 0 aromatic heterocycles. The molecule has 0 aromatic rings. The van der Waals surface area contributed by atoms with Gasteiger partial charge < -0.3 is 10.2 Å². The van der Waals surface area contributed by atoms with E-state index < -0.39 is 0 Å². The second-order valence-electron chi connectivity index (χ2n) is 6.41. The number of nitrogens with one attached hydrogen (secondary N) is 1. The van der Waals surface area contributed by atoms with Gasteiger partial charge in [0.25, 0.3) is 0 Å². The first-order valence-electron chi connectivity index (χ1n) is 7.71. The van der Waals surface area contributed by atoms with Gasteiger partial charge in [0, 0.05) is 19.6 Å². The van der Waals surface area contributed by atoms with Crippen LogP contribution in [0.5, 0.6) is 0 Å². The molecule has 2 saturated carbocycles. The Morgan fingerprint density at radius 3 is 2.18 bits per heavy atom. The average Bonchev–Trinajstić information content (AvgIpc) is 3.14. The molecule has 0 saturated heterocycles. The summed E-state index contributed by atoms with van der Waals surface area (Å²) >= 11 is 0. The van der Waals surface area contributed by atoms with Crippen molar-refractivity contribution >= 4 is 0 Å². The highest BCUT2D eigenvalue weighted by molar-refractivity contribution is 4.83. The molecule has 0 spiro atoms.